The number of benzene rings is 1. The van der Waals surface area contributed by atoms with E-state index >= 15 is 0 Å². The van der Waals surface area contributed by atoms with Crippen molar-refractivity contribution < 1.29 is 41.8 Å². The summed E-state index contributed by atoms with van der Waals surface area (Å²) in [6.45, 7) is 3.55. The number of amides is 3. The number of carbonyl (C=O) groups is 4. The van der Waals surface area contributed by atoms with Crippen LogP contribution in [0.1, 0.15) is 100 Å². The summed E-state index contributed by atoms with van der Waals surface area (Å²) in [5, 5.41) is 7.83. The highest BCUT2D eigenvalue weighted by Crippen LogP contribution is 2.57. The van der Waals surface area contributed by atoms with Crippen molar-refractivity contribution >= 4 is 44.4 Å². The summed E-state index contributed by atoms with van der Waals surface area (Å²) >= 11 is 0. The Hall–Kier alpha value is -4.99. The lowest BCUT2D eigenvalue weighted by molar-refractivity contribution is -0.140. The second kappa shape index (κ2) is 15.3. The van der Waals surface area contributed by atoms with E-state index in [2.05, 4.69) is 15.1 Å². The fraction of sp³-hybridized carbons (Fsp3) is 0.571. The number of aryl methyl sites for hydroxylation is 2. The molecule has 3 aromatic rings. The van der Waals surface area contributed by atoms with E-state index in [0.29, 0.717) is 66.8 Å². The third kappa shape index (κ3) is 7.91. The van der Waals surface area contributed by atoms with Gasteiger partial charge >= 0.3 is 0 Å². The van der Waals surface area contributed by atoms with Crippen molar-refractivity contribution in [2.75, 3.05) is 13.7 Å². The van der Waals surface area contributed by atoms with Crippen molar-refractivity contribution in [3.63, 3.8) is 0 Å². The van der Waals surface area contributed by atoms with Crippen LogP contribution >= 0.6 is 0 Å². The van der Waals surface area contributed by atoms with E-state index in [1.165, 1.54) is 9.58 Å². The van der Waals surface area contributed by atoms with Crippen molar-refractivity contribution in [1.29, 1.82) is 0 Å². The molecule has 0 radical (unpaired) electrons. The van der Waals surface area contributed by atoms with Crippen LogP contribution in [0, 0.1) is 18.3 Å². The lowest BCUT2D eigenvalue weighted by Crippen LogP contribution is -2.52. The molecule has 2 aromatic heterocycles. The Balaban J connectivity index is 1.13. The molecule has 58 heavy (non-hydrogen) atoms. The predicted octanol–water partition coefficient (Wildman–Crippen LogP) is 4.46. The fourth-order valence-corrected chi connectivity index (χ4v) is 9.66. The van der Waals surface area contributed by atoms with Gasteiger partial charge in [-0.05, 0) is 89.3 Å². The maximum absolute atomic E-state index is 14.8. The van der Waals surface area contributed by atoms with Gasteiger partial charge in [0.05, 0.1) is 35.4 Å². The number of pyridine rings is 1. The van der Waals surface area contributed by atoms with Gasteiger partial charge in [-0.15, -0.1) is 0 Å². The van der Waals surface area contributed by atoms with Gasteiger partial charge in [-0.25, -0.2) is 13.4 Å². The van der Waals surface area contributed by atoms with Crippen LogP contribution in [0.15, 0.2) is 42.6 Å². The summed E-state index contributed by atoms with van der Waals surface area (Å²) in [4.78, 5) is 63.2. The maximum atomic E-state index is 14.8. The Bertz CT molecular complexity index is 2280. The van der Waals surface area contributed by atoms with Gasteiger partial charge < -0.3 is 24.4 Å². The van der Waals surface area contributed by atoms with Crippen LogP contribution in [-0.4, -0.2) is 94.3 Å². The normalized spacial score (nSPS) is 27.7. The molecule has 0 unspecified atom stereocenters. The summed E-state index contributed by atoms with van der Waals surface area (Å²) in [6.07, 6.45) is 11.2. The van der Waals surface area contributed by atoms with Crippen molar-refractivity contribution in [1.82, 2.24) is 29.7 Å². The molecule has 0 spiro atoms. The van der Waals surface area contributed by atoms with E-state index in [1.54, 1.807) is 39.4 Å². The second-order valence-corrected chi connectivity index (χ2v) is 19.2. The molecule has 3 saturated carbocycles. The number of sulfonamides is 1. The Morgan fingerprint density at radius 3 is 2.50 bits per heavy atom. The average molecular weight is 817 g/mol. The van der Waals surface area contributed by atoms with Crippen molar-refractivity contribution in [3.8, 4) is 17.4 Å². The van der Waals surface area contributed by atoms with Gasteiger partial charge in [0.25, 0.3) is 5.91 Å². The third-order valence-electron chi connectivity index (χ3n) is 12.6. The van der Waals surface area contributed by atoms with E-state index in [-0.39, 0.29) is 42.9 Å². The summed E-state index contributed by atoms with van der Waals surface area (Å²) in [5.41, 5.74) is 0.325. The first kappa shape index (κ1) is 39.8. The van der Waals surface area contributed by atoms with Crippen LogP contribution < -0.4 is 24.2 Å². The van der Waals surface area contributed by atoms with Crippen LogP contribution in [0.4, 0.5) is 0 Å². The molecule has 16 heteroatoms. The number of aromatic nitrogens is 3. The number of fused-ring (bicyclic) bond motifs is 3. The first-order valence-electron chi connectivity index (χ1n) is 20.4. The number of ketones is 1. The van der Waals surface area contributed by atoms with Crippen molar-refractivity contribution in [3.05, 3.63) is 53.9 Å². The molecule has 3 aliphatic carbocycles. The molecule has 2 aliphatic heterocycles. The van der Waals surface area contributed by atoms with E-state index in [4.69, 9.17) is 19.2 Å². The summed E-state index contributed by atoms with van der Waals surface area (Å²) in [7, 11) is -0.670. The largest absolute Gasteiger partial charge is 0.496 e. The fourth-order valence-electron chi connectivity index (χ4n) is 8.33. The number of nitrogens with zero attached hydrogens (tertiary/aromatic N) is 4. The molecule has 3 amide bonds. The van der Waals surface area contributed by atoms with E-state index in [1.807, 2.05) is 31.2 Å². The van der Waals surface area contributed by atoms with Crippen LogP contribution in [0.3, 0.4) is 0 Å². The topological polar surface area (TPSA) is 188 Å². The first-order chi connectivity index (χ1) is 27.7. The highest BCUT2D eigenvalue weighted by Gasteiger charge is 2.62. The molecule has 310 valence electrons. The number of hydrogen-bond acceptors (Lipinski definition) is 11. The third-order valence-corrected chi connectivity index (χ3v) is 14.7. The minimum atomic E-state index is -3.96. The molecule has 1 aromatic carbocycles. The molecule has 15 nitrogen and oxygen atoms in total. The number of allylic oxidation sites excluding steroid dienone is 2. The SMILES string of the molecule is COc1ccc2c(O[C@@H]3C[C@H]4C(=O)C[C@]5(C(=O)NS(=O)(=O)C6(C)CC6)C[C@H]5/C=C\CCCCC[C@H](NC(=O)c5ccn(C)n5)C(=O)N4C3)cc(OC3CC3)nc2c1C. The van der Waals surface area contributed by atoms with Crippen molar-refractivity contribution in [2.24, 2.45) is 18.4 Å². The molecular weight excluding hydrogens is 765 g/mol. The molecule has 0 bridgehead atoms. The molecule has 5 atom stereocenters. The predicted molar refractivity (Wildman–Crippen MR) is 213 cm³/mol. The van der Waals surface area contributed by atoms with Gasteiger partial charge in [-0.1, -0.05) is 25.0 Å². The zero-order valence-electron chi connectivity index (χ0n) is 33.5. The summed E-state index contributed by atoms with van der Waals surface area (Å²) < 4.78 is 47.8. The molecule has 4 heterocycles. The second-order valence-electron chi connectivity index (χ2n) is 17.0. The summed E-state index contributed by atoms with van der Waals surface area (Å²) in [6, 6.07) is 5.03. The molecular formula is C42H52N6O9S. The zero-order valence-corrected chi connectivity index (χ0v) is 34.3. The number of rotatable bonds is 10. The van der Waals surface area contributed by atoms with Crippen LogP contribution in [0.2, 0.25) is 0 Å². The molecule has 2 N–H and O–H groups in total. The Labute approximate surface area is 338 Å². The van der Waals surface area contributed by atoms with Gasteiger partial charge in [-0.2, -0.15) is 5.10 Å². The van der Waals surface area contributed by atoms with Gasteiger partial charge in [0, 0.05) is 43.1 Å². The van der Waals surface area contributed by atoms with Crippen LogP contribution in [0.5, 0.6) is 17.4 Å². The van der Waals surface area contributed by atoms with Gasteiger partial charge in [-0.3, -0.25) is 28.6 Å². The lowest BCUT2D eigenvalue weighted by atomic mass is 9.91. The van der Waals surface area contributed by atoms with E-state index in [9.17, 15) is 27.6 Å². The Kier molecular flexibility index (Phi) is 10.5. The summed E-state index contributed by atoms with van der Waals surface area (Å²) in [5.74, 6) is -0.807. The van der Waals surface area contributed by atoms with E-state index < -0.39 is 56.1 Å². The quantitative estimate of drug-likeness (QED) is 0.275. The number of methoxy groups -OCH3 is 1. The van der Waals surface area contributed by atoms with E-state index in [0.717, 1.165) is 31.2 Å². The minimum absolute atomic E-state index is 0.0260. The van der Waals surface area contributed by atoms with Crippen molar-refractivity contribution in [2.45, 2.75) is 120 Å². The monoisotopic (exact) mass is 816 g/mol. The molecule has 8 rings (SSSR count). The van der Waals surface area contributed by atoms with Gasteiger partial charge in [0.2, 0.25) is 27.7 Å². The highest BCUT2D eigenvalue weighted by atomic mass is 32.2. The minimum Gasteiger partial charge on any atom is -0.496 e. The van der Waals surface area contributed by atoms with Gasteiger partial charge in [0.15, 0.2) is 5.78 Å². The number of ether oxygens (including phenoxy) is 3. The van der Waals surface area contributed by atoms with Gasteiger partial charge in [0.1, 0.15) is 35.4 Å². The number of carbonyl (C=O) groups excluding carboxylic acids is 4. The lowest BCUT2D eigenvalue weighted by Gasteiger charge is -2.29. The first-order valence-corrected chi connectivity index (χ1v) is 21.9. The standard InChI is InChI=1S/C42H52N6O9S/c1-25-34(55-4)15-14-29-35(21-36(44-37(25)29)57-27-12-13-27)56-28-20-32-33(49)23-42(40(52)46-58(53,54)41(2)17-18-41)22-26(42)10-8-6-5-7-9-11-31(39(51)48(32)24-28)43-38(50)30-16-19-47(3)45-30/h8,10,14-16,19,21,26-28,31-32H,5-7,9,11-13,17-18,20,22-24H2,1-4H3,(H,43,50)(H,46,52)/b10-8-/t26-,28-,31+,32+,42-/m1/s1. The maximum Gasteiger partial charge on any atom is 0.272 e. The number of Topliss-reactive ketones (excluding diaryl/α,β-unsaturated/α-hetero) is 1. The van der Waals surface area contributed by atoms with Crippen LogP contribution in [0.25, 0.3) is 10.9 Å². The molecule has 1 saturated heterocycles. The average Bonchev–Trinajstić information content (AvgIpc) is 4.15. The van der Waals surface area contributed by atoms with Crippen LogP contribution in [-0.2, 0) is 31.5 Å². The molecule has 4 fully saturated rings. The zero-order chi connectivity index (χ0) is 41.0. The molecule has 5 aliphatic rings. The number of hydrogen-bond donors (Lipinski definition) is 2. The Morgan fingerprint density at radius 2 is 1.79 bits per heavy atom. The Morgan fingerprint density at radius 1 is 1.00 bits per heavy atom. The number of nitrogens with one attached hydrogen (secondary N) is 2. The smallest absolute Gasteiger partial charge is 0.272 e. The highest BCUT2D eigenvalue weighted by molar-refractivity contribution is 7.91.